The summed E-state index contributed by atoms with van der Waals surface area (Å²) in [4.78, 5) is 4.63. The van der Waals surface area contributed by atoms with E-state index in [4.69, 9.17) is 11.5 Å². The molecule has 22 heavy (non-hydrogen) atoms. The molecule has 0 saturated heterocycles. The van der Waals surface area contributed by atoms with Crippen molar-refractivity contribution in [1.82, 2.24) is 25.4 Å². The summed E-state index contributed by atoms with van der Waals surface area (Å²) in [6, 6.07) is 5.99. The second kappa shape index (κ2) is 7.22. The summed E-state index contributed by atoms with van der Waals surface area (Å²) >= 11 is 5.92. The van der Waals surface area contributed by atoms with Crippen LogP contribution in [-0.2, 0) is 11.5 Å². The van der Waals surface area contributed by atoms with E-state index in [1.54, 1.807) is 23.5 Å². The van der Waals surface area contributed by atoms with Crippen LogP contribution in [0.3, 0.4) is 0 Å². The topological polar surface area (TPSA) is 116 Å². The summed E-state index contributed by atoms with van der Waals surface area (Å²) in [6.45, 7) is 0. The van der Waals surface area contributed by atoms with Crippen LogP contribution in [-0.4, -0.2) is 25.4 Å². The van der Waals surface area contributed by atoms with Crippen molar-refractivity contribution < 1.29 is 0 Å². The summed E-state index contributed by atoms with van der Waals surface area (Å²) in [6.07, 6.45) is 0. The van der Waals surface area contributed by atoms with Crippen LogP contribution >= 0.6 is 46.2 Å². The number of anilines is 2. The van der Waals surface area contributed by atoms with Crippen LogP contribution < -0.4 is 11.5 Å². The van der Waals surface area contributed by atoms with Crippen LogP contribution in [0.1, 0.15) is 11.4 Å². The fourth-order valence-corrected chi connectivity index (χ4v) is 4.60. The molecule has 3 heterocycles. The Hall–Kier alpha value is -1.43. The number of hydrogen-bond donors (Lipinski definition) is 2. The van der Waals surface area contributed by atoms with E-state index in [1.807, 2.05) is 18.2 Å². The molecule has 0 aliphatic rings. The van der Waals surface area contributed by atoms with E-state index in [-0.39, 0.29) is 0 Å². The first-order valence-electron chi connectivity index (χ1n) is 6.07. The first kappa shape index (κ1) is 15.5. The highest BCUT2D eigenvalue weighted by Gasteiger charge is 2.06. The quantitative estimate of drug-likeness (QED) is 0.632. The van der Waals surface area contributed by atoms with Crippen molar-refractivity contribution in [3.8, 4) is 0 Å². The number of hydrogen-bond acceptors (Lipinski definition) is 11. The van der Waals surface area contributed by atoms with Gasteiger partial charge in [0.25, 0.3) is 0 Å². The highest BCUT2D eigenvalue weighted by atomic mass is 32.2. The monoisotopic (exact) mass is 369 g/mol. The molecule has 0 radical (unpaired) electrons. The normalized spacial score (nSPS) is 10.9. The average molecular weight is 370 g/mol. The summed E-state index contributed by atoms with van der Waals surface area (Å²) in [5.41, 5.74) is 13.1. The molecule has 0 aliphatic carbocycles. The van der Waals surface area contributed by atoms with Crippen LogP contribution in [0.15, 0.2) is 26.9 Å². The molecule has 0 unspecified atom stereocenters. The van der Waals surface area contributed by atoms with Gasteiger partial charge in [-0.25, -0.2) is 0 Å². The highest BCUT2D eigenvalue weighted by Crippen LogP contribution is 2.28. The van der Waals surface area contributed by atoms with Crippen LogP contribution in [0.2, 0.25) is 0 Å². The molecule has 0 aliphatic heterocycles. The Kier molecular flexibility index (Phi) is 5.08. The summed E-state index contributed by atoms with van der Waals surface area (Å²) < 4.78 is 1.70. The Bertz CT molecular complexity index is 697. The first-order valence-corrected chi connectivity index (χ1v) is 9.68. The second-order valence-electron chi connectivity index (χ2n) is 4.01. The third-order valence-corrected chi connectivity index (χ3v) is 6.23. The molecular weight excluding hydrogens is 358 g/mol. The summed E-state index contributed by atoms with van der Waals surface area (Å²) in [5.74, 6) is 1.47. The predicted molar refractivity (Wildman–Crippen MR) is 92.0 cm³/mol. The van der Waals surface area contributed by atoms with Crippen molar-refractivity contribution in [2.45, 2.75) is 20.2 Å². The van der Waals surface area contributed by atoms with Crippen LogP contribution in [0.25, 0.3) is 0 Å². The molecule has 0 saturated carbocycles. The van der Waals surface area contributed by atoms with E-state index in [2.05, 4.69) is 25.4 Å². The molecule has 114 valence electrons. The third kappa shape index (κ3) is 4.29. The van der Waals surface area contributed by atoms with Crippen molar-refractivity contribution in [2.75, 3.05) is 11.5 Å². The van der Waals surface area contributed by atoms with Crippen molar-refractivity contribution in [3.63, 3.8) is 0 Å². The number of rotatable bonds is 6. The molecule has 4 N–H and O–H groups in total. The molecule has 0 aromatic carbocycles. The first-order chi connectivity index (χ1) is 10.7. The number of thioether (sulfide) groups is 2. The minimum absolute atomic E-state index is 0.483. The largest absolute Gasteiger partial charge is 0.374 e. The van der Waals surface area contributed by atoms with Gasteiger partial charge < -0.3 is 11.5 Å². The van der Waals surface area contributed by atoms with Gasteiger partial charge in [0.2, 0.25) is 10.3 Å². The van der Waals surface area contributed by atoms with E-state index < -0.39 is 0 Å². The number of aromatic nitrogens is 5. The Labute approximate surface area is 143 Å². The fourth-order valence-electron chi connectivity index (χ4n) is 1.52. The zero-order valence-corrected chi connectivity index (χ0v) is 14.4. The van der Waals surface area contributed by atoms with Crippen molar-refractivity contribution in [1.29, 1.82) is 0 Å². The van der Waals surface area contributed by atoms with Gasteiger partial charge in [-0.1, -0.05) is 52.3 Å². The van der Waals surface area contributed by atoms with Crippen molar-refractivity contribution in [3.05, 3.63) is 29.6 Å². The SMILES string of the molecule is Nc1nnc(SCc2cccc(CSc3nnc(N)s3)n2)s1. The van der Waals surface area contributed by atoms with Crippen LogP contribution in [0, 0.1) is 0 Å². The lowest BCUT2D eigenvalue weighted by atomic mass is 10.3. The maximum Gasteiger partial charge on any atom is 0.203 e. The highest BCUT2D eigenvalue weighted by molar-refractivity contribution is 8.00. The van der Waals surface area contributed by atoms with Gasteiger partial charge in [-0.3, -0.25) is 4.98 Å². The van der Waals surface area contributed by atoms with E-state index in [0.29, 0.717) is 10.3 Å². The molecule has 11 heteroatoms. The van der Waals surface area contributed by atoms with E-state index in [1.165, 1.54) is 22.7 Å². The minimum Gasteiger partial charge on any atom is -0.374 e. The summed E-state index contributed by atoms with van der Waals surface area (Å²) in [5, 5.41) is 16.5. The molecular formula is C11H11N7S4. The smallest absolute Gasteiger partial charge is 0.203 e. The lowest BCUT2D eigenvalue weighted by Crippen LogP contribution is -1.92. The molecule has 3 aromatic heterocycles. The third-order valence-electron chi connectivity index (χ3n) is 2.40. The Morgan fingerprint density at radius 2 is 1.32 bits per heavy atom. The standard InChI is InChI=1S/C11H11N7S4/c12-8-15-17-10(21-8)19-4-6-2-1-3-7(14-6)5-20-11-18-16-9(13)22-11/h1-3H,4-5H2,(H2,12,15)(H2,13,16). The zero-order chi connectivity index (χ0) is 15.4. The lowest BCUT2D eigenvalue weighted by molar-refractivity contribution is 1.01. The van der Waals surface area contributed by atoms with Crippen molar-refractivity contribution >= 4 is 56.5 Å². The molecule has 0 bridgehead atoms. The molecule has 3 aromatic rings. The Balaban J connectivity index is 1.57. The molecule has 7 nitrogen and oxygen atoms in total. The average Bonchev–Trinajstić information content (AvgIpc) is 3.12. The van der Waals surface area contributed by atoms with E-state index in [9.17, 15) is 0 Å². The molecule has 0 atom stereocenters. The molecule has 3 rings (SSSR count). The fraction of sp³-hybridized carbons (Fsp3) is 0.182. The van der Waals surface area contributed by atoms with Gasteiger partial charge in [0.05, 0.1) is 11.4 Å². The maximum absolute atomic E-state index is 5.56. The van der Waals surface area contributed by atoms with Gasteiger partial charge in [0.1, 0.15) is 0 Å². The minimum atomic E-state index is 0.483. The van der Waals surface area contributed by atoms with Crippen LogP contribution in [0.5, 0.6) is 0 Å². The molecule has 0 amide bonds. The number of nitrogens with zero attached hydrogens (tertiary/aromatic N) is 5. The maximum atomic E-state index is 5.56. The molecule has 0 spiro atoms. The van der Waals surface area contributed by atoms with Gasteiger partial charge in [0, 0.05) is 11.5 Å². The van der Waals surface area contributed by atoms with Gasteiger partial charge in [0.15, 0.2) is 8.68 Å². The lowest BCUT2D eigenvalue weighted by Gasteiger charge is -2.02. The number of nitrogens with two attached hydrogens (primary N) is 2. The summed E-state index contributed by atoms with van der Waals surface area (Å²) in [7, 11) is 0. The second-order valence-corrected chi connectivity index (χ2v) is 8.47. The van der Waals surface area contributed by atoms with Crippen molar-refractivity contribution in [2.24, 2.45) is 0 Å². The van der Waals surface area contributed by atoms with Gasteiger partial charge in [-0.05, 0) is 12.1 Å². The van der Waals surface area contributed by atoms with Gasteiger partial charge in [-0.15, -0.1) is 20.4 Å². The predicted octanol–water partition coefficient (Wildman–Crippen LogP) is 2.53. The van der Waals surface area contributed by atoms with Crippen LogP contribution in [0.4, 0.5) is 10.3 Å². The zero-order valence-electron chi connectivity index (χ0n) is 11.2. The van der Waals surface area contributed by atoms with Gasteiger partial charge >= 0.3 is 0 Å². The van der Waals surface area contributed by atoms with E-state index in [0.717, 1.165) is 31.6 Å². The Morgan fingerprint density at radius 3 is 1.73 bits per heavy atom. The number of nitrogen functional groups attached to an aromatic ring is 2. The van der Waals surface area contributed by atoms with Gasteiger partial charge in [-0.2, -0.15) is 0 Å². The Morgan fingerprint density at radius 1 is 0.818 bits per heavy atom. The number of pyridine rings is 1. The molecule has 0 fully saturated rings. The van der Waals surface area contributed by atoms with E-state index >= 15 is 0 Å².